The summed E-state index contributed by atoms with van der Waals surface area (Å²) < 4.78 is 0. The molecule has 0 radical (unpaired) electrons. The molecule has 2 aromatic rings. The van der Waals surface area contributed by atoms with Crippen molar-refractivity contribution in [3.63, 3.8) is 0 Å². The van der Waals surface area contributed by atoms with Gasteiger partial charge in [0.15, 0.2) is 0 Å². The summed E-state index contributed by atoms with van der Waals surface area (Å²) in [6, 6.07) is 5.29. The molecule has 0 aliphatic heterocycles. The van der Waals surface area contributed by atoms with E-state index in [0.717, 1.165) is 15.6 Å². The molecule has 2 N–H and O–H groups in total. The van der Waals surface area contributed by atoms with Crippen molar-refractivity contribution in [2.75, 3.05) is 0 Å². The Hall–Kier alpha value is -0.810. The summed E-state index contributed by atoms with van der Waals surface area (Å²) in [6.45, 7) is 0.342. The highest BCUT2D eigenvalue weighted by atomic mass is 35.5. The Kier molecular flexibility index (Phi) is 4.23. The highest BCUT2D eigenvalue weighted by Gasteiger charge is 2.09. The molecule has 0 amide bonds. The van der Waals surface area contributed by atoms with Gasteiger partial charge in [-0.1, -0.05) is 35.0 Å². The lowest BCUT2D eigenvalue weighted by molar-refractivity contribution is 0.886. The van der Waals surface area contributed by atoms with Gasteiger partial charge in [-0.25, -0.2) is 4.98 Å². The molecule has 6 heteroatoms. The first-order valence-corrected chi connectivity index (χ1v) is 6.41. The van der Waals surface area contributed by atoms with E-state index in [1.165, 1.54) is 11.8 Å². The minimum Gasteiger partial charge on any atom is -0.325 e. The Bertz CT molecular complexity index is 534. The van der Waals surface area contributed by atoms with Crippen molar-refractivity contribution < 1.29 is 0 Å². The zero-order valence-corrected chi connectivity index (χ0v) is 11.1. The Morgan fingerprint density at radius 2 is 1.94 bits per heavy atom. The summed E-state index contributed by atoms with van der Waals surface area (Å²) >= 11 is 13.4. The summed E-state index contributed by atoms with van der Waals surface area (Å²) in [6.07, 6.45) is 3.24. The van der Waals surface area contributed by atoms with E-state index in [0.29, 0.717) is 16.6 Å². The average Bonchev–Trinajstić information content (AvgIpc) is 2.34. The van der Waals surface area contributed by atoms with Gasteiger partial charge in [-0.15, -0.1) is 0 Å². The maximum atomic E-state index is 6.08. The van der Waals surface area contributed by atoms with Gasteiger partial charge in [0.05, 0.1) is 10.7 Å². The predicted octanol–water partition coefficient (Wildman–Crippen LogP) is 3.39. The van der Waals surface area contributed by atoms with Gasteiger partial charge in [0.1, 0.15) is 5.03 Å². The molecule has 1 aromatic heterocycles. The predicted molar refractivity (Wildman–Crippen MR) is 70.5 cm³/mol. The zero-order chi connectivity index (χ0) is 12.3. The molecule has 1 aromatic carbocycles. The Morgan fingerprint density at radius 3 is 2.71 bits per heavy atom. The van der Waals surface area contributed by atoms with Crippen LogP contribution < -0.4 is 5.73 Å². The Balaban J connectivity index is 2.34. The van der Waals surface area contributed by atoms with Crippen LogP contribution in [-0.2, 0) is 6.54 Å². The summed E-state index contributed by atoms with van der Waals surface area (Å²) in [4.78, 5) is 9.24. The fourth-order valence-electron chi connectivity index (χ4n) is 1.24. The van der Waals surface area contributed by atoms with Gasteiger partial charge in [-0.2, -0.15) is 0 Å². The zero-order valence-electron chi connectivity index (χ0n) is 8.73. The lowest BCUT2D eigenvalue weighted by atomic mass is 10.4. The third-order valence-corrected chi connectivity index (χ3v) is 3.80. The minimum atomic E-state index is 0.342. The molecule has 0 saturated heterocycles. The van der Waals surface area contributed by atoms with Crippen LogP contribution in [0.1, 0.15) is 5.69 Å². The summed E-state index contributed by atoms with van der Waals surface area (Å²) in [5.41, 5.74) is 6.34. The molecule has 88 valence electrons. The lowest BCUT2D eigenvalue weighted by Gasteiger charge is -2.06. The van der Waals surface area contributed by atoms with Crippen molar-refractivity contribution in [2.24, 2.45) is 5.73 Å². The first kappa shape index (κ1) is 12.6. The molecule has 0 aliphatic rings. The number of halogens is 2. The highest BCUT2D eigenvalue weighted by Crippen LogP contribution is 2.34. The Labute approximate surface area is 113 Å². The van der Waals surface area contributed by atoms with Crippen LogP contribution in [0.25, 0.3) is 0 Å². The van der Waals surface area contributed by atoms with Gasteiger partial charge in [0, 0.05) is 28.9 Å². The SMILES string of the molecule is NCc1nccnc1Sc1cc(Cl)ccc1Cl. The van der Waals surface area contributed by atoms with E-state index in [9.17, 15) is 0 Å². The summed E-state index contributed by atoms with van der Waals surface area (Å²) in [7, 11) is 0. The van der Waals surface area contributed by atoms with Crippen LogP contribution in [0.2, 0.25) is 10.0 Å². The monoisotopic (exact) mass is 285 g/mol. The maximum Gasteiger partial charge on any atom is 0.124 e. The lowest BCUT2D eigenvalue weighted by Crippen LogP contribution is -2.02. The van der Waals surface area contributed by atoms with Crippen LogP contribution in [-0.4, -0.2) is 9.97 Å². The van der Waals surface area contributed by atoms with Crippen molar-refractivity contribution in [1.29, 1.82) is 0 Å². The molecular weight excluding hydrogens is 277 g/mol. The topological polar surface area (TPSA) is 51.8 Å². The van der Waals surface area contributed by atoms with Crippen LogP contribution in [0, 0.1) is 0 Å². The highest BCUT2D eigenvalue weighted by molar-refractivity contribution is 7.99. The van der Waals surface area contributed by atoms with Crippen molar-refractivity contribution in [2.45, 2.75) is 16.5 Å². The maximum absolute atomic E-state index is 6.08. The van der Waals surface area contributed by atoms with E-state index in [2.05, 4.69) is 9.97 Å². The van der Waals surface area contributed by atoms with Crippen molar-refractivity contribution in [1.82, 2.24) is 9.97 Å². The first-order chi connectivity index (χ1) is 8.20. The third-order valence-electron chi connectivity index (χ3n) is 2.03. The van der Waals surface area contributed by atoms with Gasteiger partial charge in [-0.05, 0) is 18.2 Å². The molecule has 0 aliphatic carbocycles. The minimum absolute atomic E-state index is 0.342. The van der Waals surface area contributed by atoms with Gasteiger partial charge < -0.3 is 5.73 Å². The van der Waals surface area contributed by atoms with Crippen LogP contribution in [0.3, 0.4) is 0 Å². The van der Waals surface area contributed by atoms with E-state index < -0.39 is 0 Å². The normalized spacial score (nSPS) is 10.5. The standard InChI is InChI=1S/C11H9Cl2N3S/c12-7-1-2-8(13)10(5-7)17-11-9(6-14)15-3-4-16-11/h1-5H,6,14H2. The van der Waals surface area contributed by atoms with Gasteiger partial charge in [-0.3, -0.25) is 4.98 Å². The molecule has 0 bridgehead atoms. The molecule has 0 atom stereocenters. The van der Waals surface area contributed by atoms with E-state index in [1.807, 2.05) is 0 Å². The molecule has 0 fully saturated rings. The quantitative estimate of drug-likeness (QED) is 0.939. The van der Waals surface area contributed by atoms with Crippen molar-refractivity contribution >= 4 is 35.0 Å². The molecule has 0 saturated carbocycles. The molecule has 17 heavy (non-hydrogen) atoms. The van der Waals surface area contributed by atoms with Gasteiger partial charge in [0.2, 0.25) is 0 Å². The van der Waals surface area contributed by atoms with E-state index >= 15 is 0 Å². The number of hydrogen-bond donors (Lipinski definition) is 1. The number of benzene rings is 1. The van der Waals surface area contributed by atoms with Gasteiger partial charge in [0.25, 0.3) is 0 Å². The van der Waals surface area contributed by atoms with Crippen molar-refractivity contribution in [3.8, 4) is 0 Å². The molecule has 0 unspecified atom stereocenters. The third kappa shape index (κ3) is 3.10. The molecule has 2 rings (SSSR count). The molecule has 1 heterocycles. The fourth-order valence-corrected chi connectivity index (χ4v) is 2.64. The van der Waals surface area contributed by atoms with Crippen LogP contribution in [0.5, 0.6) is 0 Å². The van der Waals surface area contributed by atoms with Crippen molar-refractivity contribution in [3.05, 3.63) is 46.3 Å². The number of nitrogens with zero attached hydrogens (tertiary/aromatic N) is 2. The number of hydrogen-bond acceptors (Lipinski definition) is 4. The second kappa shape index (κ2) is 5.69. The molecular formula is C11H9Cl2N3S. The molecule has 0 spiro atoms. The number of nitrogens with two attached hydrogens (primary N) is 1. The van der Waals surface area contributed by atoms with E-state index in [-0.39, 0.29) is 0 Å². The largest absolute Gasteiger partial charge is 0.325 e. The number of aromatic nitrogens is 2. The smallest absolute Gasteiger partial charge is 0.124 e. The van der Waals surface area contributed by atoms with E-state index in [4.69, 9.17) is 28.9 Å². The summed E-state index contributed by atoms with van der Waals surface area (Å²) in [5, 5.41) is 2.02. The first-order valence-electron chi connectivity index (χ1n) is 4.83. The fraction of sp³-hybridized carbons (Fsp3) is 0.0909. The van der Waals surface area contributed by atoms with Crippen LogP contribution in [0.4, 0.5) is 0 Å². The van der Waals surface area contributed by atoms with E-state index in [1.54, 1.807) is 30.6 Å². The molecule has 3 nitrogen and oxygen atoms in total. The Morgan fingerprint density at radius 1 is 1.18 bits per heavy atom. The second-order valence-electron chi connectivity index (χ2n) is 3.19. The van der Waals surface area contributed by atoms with Crippen LogP contribution in [0.15, 0.2) is 40.5 Å². The van der Waals surface area contributed by atoms with Crippen LogP contribution >= 0.6 is 35.0 Å². The van der Waals surface area contributed by atoms with Gasteiger partial charge >= 0.3 is 0 Å². The summed E-state index contributed by atoms with van der Waals surface area (Å²) in [5.74, 6) is 0. The second-order valence-corrected chi connectivity index (χ2v) is 5.06. The average molecular weight is 286 g/mol. The number of rotatable bonds is 3.